The van der Waals surface area contributed by atoms with Crippen molar-refractivity contribution < 1.29 is 17.3 Å². The second kappa shape index (κ2) is 6.21. The van der Waals surface area contributed by atoms with E-state index in [4.69, 9.17) is 0 Å². The Bertz CT molecular complexity index is 67.4. The Labute approximate surface area is 64.6 Å². The molecule has 0 fully saturated rings. The Kier molecular flexibility index (Phi) is 8.14. The van der Waals surface area contributed by atoms with Gasteiger partial charge in [0.1, 0.15) is 12.5 Å². The molecule has 0 saturated carbocycles. The summed E-state index contributed by atoms with van der Waals surface area (Å²) in [6, 6.07) is 0. The van der Waals surface area contributed by atoms with Crippen LogP contribution in [-0.2, 0) is 9.93 Å². The highest BCUT2D eigenvalue weighted by molar-refractivity contribution is 8.73. The van der Waals surface area contributed by atoms with Gasteiger partial charge in [0.25, 0.3) is 0 Å². The van der Waals surface area contributed by atoms with E-state index in [-0.39, 0.29) is 0 Å². The Balaban J connectivity index is 0. The summed E-state index contributed by atoms with van der Waals surface area (Å²) in [7, 11) is -3.50. The smallest absolute Gasteiger partial charge is 0.418 e. The molecule has 7 heteroatoms. The molecule has 0 radical (unpaired) electrons. The highest BCUT2D eigenvalue weighted by Gasteiger charge is 2.20. The molecule has 64 valence electrons. The highest BCUT2D eigenvalue weighted by atomic mass is 33.1. The van der Waals surface area contributed by atoms with E-state index >= 15 is 0 Å². The fraction of sp³-hybridized carbons (Fsp3) is 1.00. The first-order chi connectivity index (χ1) is 4.27. The van der Waals surface area contributed by atoms with E-state index in [0.717, 1.165) is 0 Å². The molecule has 10 heavy (non-hydrogen) atoms. The molecule has 0 rings (SSSR count). The third-order valence-corrected chi connectivity index (χ3v) is 3.00. The average molecular weight is 196 g/mol. The summed E-state index contributed by atoms with van der Waals surface area (Å²) in [5, 5.41) is 0. The Morgan fingerprint density at radius 2 is 1.20 bits per heavy atom. The summed E-state index contributed by atoms with van der Waals surface area (Å²) in [4.78, 5) is 0. The van der Waals surface area contributed by atoms with Crippen molar-refractivity contribution in [3.63, 3.8) is 0 Å². The third-order valence-electron chi connectivity index (χ3n) is 0.333. The second-order valence-electron chi connectivity index (χ2n) is 1.40. The van der Waals surface area contributed by atoms with Crippen LogP contribution in [0.3, 0.4) is 0 Å². The molecule has 0 heterocycles. The summed E-state index contributed by atoms with van der Waals surface area (Å²) in [6.07, 6.45) is 6.55. The van der Waals surface area contributed by atoms with E-state index in [0.29, 0.717) is 9.93 Å². The zero-order chi connectivity index (χ0) is 8.78. The van der Waals surface area contributed by atoms with Gasteiger partial charge in [-0.1, -0.05) is 0 Å². The van der Waals surface area contributed by atoms with E-state index in [9.17, 15) is 17.3 Å². The number of hydrogen-bond donors (Lipinski definition) is 0. The predicted octanol–water partition coefficient (Wildman–Crippen LogP) is 2.44. The maximum atomic E-state index is 9.75. The standard InChI is InChI=1S/C3H9S2.BF4/c1-4-5(2)3;2-1(3,4)5/h1-3H3;/q+1;-1. The minimum Gasteiger partial charge on any atom is -0.418 e. The Morgan fingerprint density at radius 3 is 1.20 bits per heavy atom. The lowest BCUT2D eigenvalue weighted by Gasteiger charge is -1.94. The minimum atomic E-state index is -6.00. The molecule has 0 bridgehead atoms. The number of rotatable bonds is 1. The predicted molar refractivity (Wildman–Crippen MR) is 42.9 cm³/mol. The van der Waals surface area contributed by atoms with Crippen molar-refractivity contribution in [3.8, 4) is 0 Å². The van der Waals surface area contributed by atoms with Gasteiger partial charge in [-0.15, -0.1) is 0 Å². The maximum Gasteiger partial charge on any atom is 0.673 e. The second-order valence-corrected chi connectivity index (χ2v) is 6.22. The summed E-state index contributed by atoms with van der Waals surface area (Å²) < 4.78 is 39.0. The molecule has 0 spiro atoms. The van der Waals surface area contributed by atoms with Gasteiger partial charge in [0, 0.05) is 6.26 Å². The molecular weight excluding hydrogens is 187 g/mol. The molecule has 0 aliphatic carbocycles. The summed E-state index contributed by atoms with van der Waals surface area (Å²) >= 11 is 0. The van der Waals surface area contributed by atoms with Crippen LogP contribution in [-0.4, -0.2) is 26.0 Å². The van der Waals surface area contributed by atoms with Gasteiger partial charge < -0.3 is 17.3 Å². The van der Waals surface area contributed by atoms with Crippen LogP contribution < -0.4 is 0 Å². The van der Waals surface area contributed by atoms with Crippen LogP contribution >= 0.6 is 10.8 Å². The van der Waals surface area contributed by atoms with Crippen LogP contribution in [0.15, 0.2) is 0 Å². The molecule has 0 nitrogen and oxygen atoms in total. The SMILES string of the molecule is CS[S+](C)C.F[B-](F)(F)F. The molecule has 0 aromatic heterocycles. The molecule has 0 N–H and O–H groups in total. The maximum absolute atomic E-state index is 9.75. The van der Waals surface area contributed by atoms with Crippen LogP contribution in [0.1, 0.15) is 0 Å². The molecule has 0 aliphatic rings. The van der Waals surface area contributed by atoms with Crippen LogP contribution in [0, 0.1) is 0 Å². The van der Waals surface area contributed by atoms with E-state index in [1.54, 1.807) is 0 Å². The van der Waals surface area contributed by atoms with Crippen molar-refractivity contribution in [2.75, 3.05) is 18.8 Å². The summed E-state index contributed by atoms with van der Waals surface area (Å²) in [5.41, 5.74) is 0. The summed E-state index contributed by atoms with van der Waals surface area (Å²) in [6.45, 7) is 0. The van der Waals surface area contributed by atoms with Crippen molar-refractivity contribution in [1.82, 2.24) is 0 Å². The lowest BCUT2D eigenvalue weighted by Crippen LogP contribution is -2.02. The molecule has 0 amide bonds. The topological polar surface area (TPSA) is 0 Å². The fourth-order valence-electron chi connectivity index (χ4n) is 0. The van der Waals surface area contributed by atoms with E-state index in [1.807, 2.05) is 10.8 Å². The van der Waals surface area contributed by atoms with Crippen molar-refractivity contribution >= 4 is 28.0 Å². The van der Waals surface area contributed by atoms with E-state index in [1.165, 1.54) is 0 Å². The monoisotopic (exact) mass is 196 g/mol. The lowest BCUT2D eigenvalue weighted by molar-refractivity contribution is 0.368. The first-order valence-electron chi connectivity index (χ1n) is 2.26. The van der Waals surface area contributed by atoms with Gasteiger partial charge in [-0.3, -0.25) is 0 Å². The van der Waals surface area contributed by atoms with Gasteiger partial charge in [-0.25, -0.2) is 0 Å². The normalized spacial score (nSPS) is 10.8. The van der Waals surface area contributed by atoms with Gasteiger partial charge >= 0.3 is 7.25 Å². The highest BCUT2D eigenvalue weighted by Crippen LogP contribution is 2.06. The zero-order valence-corrected chi connectivity index (χ0v) is 7.54. The average Bonchev–Trinajstić information content (AvgIpc) is 1.61. The quantitative estimate of drug-likeness (QED) is 0.268. The Hall–Kier alpha value is 0.485. The first kappa shape index (κ1) is 13.1. The van der Waals surface area contributed by atoms with Gasteiger partial charge in [-0.2, -0.15) is 0 Å². The zero-order valence-electron chi connectivity index (χ0n) is 5.91. The van der Waals surface area contributed by atoms with Crippen LogP contribution in [0.5, 0.6) is 0 Å². The molecule has 0 aliphatic heterocycles. The lowest BCUT2D eigenvalue weighted by atomic mass is 10.3. The van der Waals surface area contributed by atoms with E-state index < -0.39 is 7.25 Å². The minimum absolute atomic E-state index is 0.594. The molecule has 0 saturated heterocycles. The Morgan fingerprint density at radius 1 is 1.10 bits per heavy atom. The van der Waals surface area contributed by atoms with Gasteiger partial charge in [0.15, 0.2) is 0 Å². The number of hydrogen-bond acceptors (Lipinski definition) is 1. The summed E-state index contributed by atoms with van der Waals surface area (Å²) in [5.74, 6) is 0. The molecule has 0 atom stereocenters. The molecular formula is C3H9BF4S2. The largest absolute Gasteiger partial charge is 0.673 e. The first-order valence-corrected chi connectivity index (χ1v) is 6.05. The molecule has 0 aromatic carbocycles. The van der Waals surface area contributed by atoms with Gasteiger partial charge in [0.2, 0.25) is 0 Å². The fourth-order valence-corrected chi connectivity index (χ4v) is 0. The molecule has 0 aromatic rings. The van der Waals surface area contributed by atoms with E-state index in [2.05, 4.69) is 18.8 Å². The van der Waals surface area contributed by atoms with Crippen molar-refractivity contribution in [3.05, 3.63) is 0 Å². The van der Waals surface area contributed by atoms with Crippen LogP contribution in [0.25, 0.3) is 0 Å². The van der Waals surface area contributed by atoms with Crippen molar-refractivity contribution in [2.24, 2.45) is 0 Å². The van der Waals surface area contributed by atoms with Crippen LogP contribution in [0.2, 0.25) is 0 Å². The van der Waals surface area contributed by atoms with Gasteiger partial charge in [0.05, 0.1) is 20.7 Å². The van der Waals surface area contributed by atoms with Crippen molar-refractivity contribution in [2.45, 2.75) is 0 Å². The molecule has 0 unspecified atom stereocenters. The van der Waals surface area contributed by atoms with Crippen molar-refractivity contribution in [1.29, 1.82) is 0 Å². The van der Waals surface area contributed by atoms with Gasteiger partial charge in [-0.05, 0) is 0 Å². The van der Waals surface area contributed by atoms with Crippen LogP contribution in [0.4, 0.5) is 17.3 Å². The number of halogens is 4. The third kappa shape index (κ3) is 77.0.